The Morgan fingerprint density at radius 1 is 1.82 bits per heavy atom. The Bertz CT molecular complexity index is 198. The molecule has 0 aromatic heterocycles. The first-order chi connectivity index (χ1) is 5.15. The molecule has 11 heavy (non-hydrogen) atoms. The van der Waals surface area contributed by atoms with Crippen molar-refractivity contribution in [3.8, 4) is 0 Å². The van der Waals surface area contributed by atoms with Crippen LogP contribution in [0.5, 0.6) is 0 Å². The molecule has 0 heterocycles. The molecular formula is C8H13NO2. The molecule has 0 unspecified atom stereocenters. The maximum Gasteiger partial charge on any atom is 0.306 e. The van der Waals surface area contributed by atoms with E-state index >= 15 is 0 Å². The summed E-state index contributed by atoms with van der Waals surface area (Å²) < 4.78 is 0. The molecule has 1 rings (SSSR count). The highest BCUT2D eigenvalue weighted by Gasteiger charge is 2.30. The highest BCUT2D eigenvalue weighted by atomic mass is 16.4. The van der Waals surface area contributed by atoms with Gasteiger partial charge in [-0.1, -0.05) is 11.6 Å². The Kier molecular flexibility index (Phi) is 2.29. The van der Waals surface area contributed by atoms with E-state index in [1.807, 2.05) is 13.0 Å². The fraction of sp³-hybridized carbons (Fsp3) is 0.625. The lowest BCUT2D eigenvalue weighted by Gasteiger charge is -2.01. The van der Waals surface area contributed by atoms with Crippen molar-refractivity contribution in [1.29, 1.82) is 0 Å². The summed E-state index contributed by atoms with van der Waals surface area (Å²) in [5, 5.41) is 8.66. The van der Waals surface area contributed by atoms with Crippen molar-refractivity contribution in [2.45, 2.75) is 25.8 Å². The highest BCUT2D eigenvalue weighted by molar-refractivity contribution is 5.71. The van der Waals surface area contributed by atoms with Gasteiger partial charge in [0.2, 0.25) is 0 Å². The molecule has 1 aliphatic carbocycles. The van der Waals surface area contributed by atoms with Crippen molar-refractivity contribution >= 4 is 5.97 Å². The van der Waals surface area contributed by atoms with Crippen molar-refractivity contribution in [3.63, 3.8) is 0 Å². The summed E-state index contributed by atoms with van der Waals surface area (Å²) in [6, 6.07) is -0.0268. The van der Waals surface area contributed by atoms with Crippen LogP contribution in [0.25, 0.3) is 0 Å². The highest BCUT2D eigenvalue weighted by Crippen LogP contribution is 2.29. The average molecular weight is 155 g/mol. The molecule has 3 heteroatoms. The lowest BCUT2D eigenvalue weighted by atomic mass is 10.1. The van der Waals surface area contributed by atoms with Crippen LogP contribution in [0.4, 0.5) is 0 Å². The van der Waals surface area contributed by atoms with Gasteiger partial charge in [-0.2, -0.15) is 0 Å². The van der Waals surface area contributed by atoms with Gasteiger partial charge in [-0.25, -0.2) is 0 Å². The van der Waals surface area contributed by atoms with Crippen LogP contribution in [0.2, 0.25) is 0 Å². The second-order valence-corrected chi connectivity index (χ2v) is 2.95. The Labute approximate surface area is 65.9 Å². The van der Waals surface area contributed by atoms with Crippen LogP contribution in [0.15, 0.2) is 11.6 Å². The molecule has 0 saturated heterocycles. The summed E-state index contributed by atoms with van der Waals surface area (Å²) >= 11 is 0. The van der Waals surface area contributed by atoms with Crippen LogP contribution in [-0.4, -0.2) is 17.1 Å². The Hall–Kier alpha value is -0.830. The fourth-order valence-electron chi connectivity index (χ4n) is 1.50. The van der Waals surface area contributed by atoms with Crippen molar-refractivity contribution in [1.82, 2.24) is 0 Å². The Morgan fingerprint density at radius 2 is 2.45 bits per heavy atom. The van der Waals surface area contributed by atoms with E-state index < -0.39 is 5.97 Å². The molecule has 2 atom stereocenters. The molecule has 1 saturated carbocycles. The van der Waals surface area contributed by atoms with Crippen molar-refractivity contribution < 1.29 is 9.90 Å². The molecule has 0 spiro atoms. The fourth-order valence-corrected chi connectivity index (χ4v) is 1.50. The first-order valence-electron chi connectivity index (χ1n) is 3.78. The topological polar surface area (TPSA) is 63.3 Å². The third kappa shape index (κ3) is 1.60. The molecule has 3 N–H and O–H groups in total. The molecule has 0 aromatic carbocycles. The van der Waals surface area contributed by atoms with E-state index in [-0.39, 0.29) is 12.0 Å². The molecule has 0 aromatic rings. The van der Waals surface area contributed by atoms with E-state index in [0.717, 1.165) is 5.57 Å². The Morgan fingerprint density at radius 3 is 2.73 bits per heavy atom. The molecule has 0 aliphatic heterocycles. The predicted molar refractivity (Wildman–Crippen MR) is 42.1 cm³/mol. The number of rotatable bonds is 1. The van der Waals surface area contributed by atoms with Crippen LogP contribution in [0, 0.1) is 5.92 Å². The minimum atomic E-state index is -0.725. The van der Waals surface area contributed by atoms with Crippen LogP contribution in [-0.2, 0) is 4.79 Å². The average Bonchev–Trinajstić information content (AvgIpc) is 2.31. The number of nitrogens with two attached hydrogens (primary N) is 1. The number of allylic oxidation sites excluding steroid dienone is 1. The largest absolute Gasteiger partial charge is 0.481 e. The van der Waals surface area contributed by atoms with Gasteiger partial charge in [0.05, 0.1) is 5.92 Å². The van der Waals surface area contributed by atoms with E-state index in [1.165, 1.54) is 0 Å². The number of carboxylic acid groups (broad SMARTS) is 1. The van der Waals surface area contributed by atoms with E-state index in [1.54, 1.807) is 0 Å². The smallest absolute Gasteiger partial charge is 0.306 e. The zero-order valence-corrected chi connectivity index (χ0v) is 6.58. The quantitative estimate of drug-likeness (QED) is 0.549. The van der Waals surface area contributed by atoms with Crippen LogP contribution in [0.1, 0.15) is 19.8 Å². The molecule has 1 aliphatic rings. The number of hydrogen-bond acceptors (Lipinski definition) is 2. The zero-order valence-electron chi connectivity index (χ0n) is 6.58. The van der Waals surface area contributed by atoms with Crippen LogP contribution in [0.3, 0.4) is 0 Å². The van der Waals surface area contributed by atoms with Gasteiger partial charge in [-0.3, -0.25) is 4.79 Å². The maximum atomic E-state index is 10.5. The molecule has 0 radical (unpaired) electrons. The van der Waals surface area contributed by atoms with Crippen molar-refractivity contribution in [2.24, 2.45) is 11.7 Å². The minimum absolute atomic E-state index is 0.0268. The summed E-state index contributed by atoms with van der Waals surface area (Å²) in [5.74, 6) is -0.978. The van der Waals surface area contributed by atoms with Gasteiger partial charge in [0.25, 0.3) is 0 Å². The van der Waals surface area contributed by atoms with E-state index in [4.69, 9.17) is 10.8 Å². The second-order valence-electron chi connectivity index (χ2n) is 2.95. The molecular weight excluding hydrogens is 142 g/mol. The summed E-state index contributed by atoms with van der Waals surface area (Å²) in [7, 11) is 0. The third-order valence-electron chi connectivity index (χ3n) is 2.22. The van der Waals surface area contributed by atoms with E-state index in [2.05, 4.69) is 0 Å². The molecule has 3 nitrogen and oxygen atoms in total. The van der Waals surface area contributed by atoms with Gasteiger partial charge in [-0.15, -0.1) is 0 Å². The molecule has 62 valence electrons. The molecule has 0 bridgehead atoms. The second kappa shape index (κ2) is 3.05. The van der Waals surface area contributed by atoms with E-state index in [9.17, 15) is 4.79 Å². The van der Waals surface area contributed by atoms with Gasteiger partial charge in [0.15, 0.2) is 0 Å². The number of aliphatic carboxylic acids is 1. The van der Waals surface area contributed by atoms with Crippen LogP contribution < -0.4 is 5.73 Å². The lowest BCUT2D eigenvalue weighted by Crippen LogP contribution is -2.18. The zero-order chi connectivity index (χ0) is 8.43. The molecule has 0 amide bonds. The predicted octanol–water partition coefficient (Wildman–Crippen LogP) is 0.755. The lowest BCUT2D eigenvalue weighted by molar-refractivity contribution is -0.141. The number of carboxylic acids is 1. The number of hydrogen-bond donors (Lipinski definition) is 2. The van der Waals surface area contributed by atoms with Crippen molar-refractivity contribution in [2.75, 3.05) is 0 Å². The monoisotopic (exact) mass is 155 g/mol. The Balaban J connectivity index is 2.64. The minimum Gasteiger partial charge on any atom is -0.481 e. The van der Waals surface area contributed by atoms with Gasteiger partial charge in [0, 0.05) is 6.04 Å². The molecule has 1 fully saturated rings. The summed E-state index contributed by atoms with van der Waals surface area (Å²) in [6.07, 6.45) is 3.15. The summed E-state index contributed by atoms with van der Waals surface area (Å²) in [6.45, 7) is 1.90. The van der Waals surface area contributed by atoms with Gasteiger partial charge in [0.1, 0.15) is 0 Å². The SMILES string of the molecule is C/C=C1/C[C@H](C(=O)O)C[C@@H]1N. The summed E-state index contributed by atoms with van der Waals surface area (Å²) in [5.41, 5.74) is 6.77. The van der Waals surface area contributed by atoms with Gasteiger partial charge in [-0.05, 0) is 19.8 Å². The van der Waals surface area contributed by atoms with Crippen molar-refractivity contribution in [3.05, 3.63) is 11.6 Å². The van der Waals surface area contributed by atoms with E-state index in [0.29, 0.717) is 12.8 Å². The normalized spacial score (nSPS) is 34.5. The van der Waals surface area contributed by atoms with Gasteiger partial charge < -0.3 is 10.8 Å². The first kappa shape index (κ1) is 8.27. The first-order valence-corrected chi connectivity index (χ1v) is 3.78. The maximum absolute atomic E-state index is 10.5. The van der Waals surface area contributed by atoms with Gasteiger partial charge >= 0.3 is 5.97 Å². The number of carbonyl (C=O) groups is 1. The standard InChI is InChI=1S/C8H13NO2/c1-2-5-3-6(8(10)11)4-7(5)9/h2,6-7H,3-4,9H2,1H3,(H,10,11)/b5-2-/t6-,7-/m0/s1. The third-order valence-corrected chi connectivity index (χ3v) is 2.22. The van der Waals surface area contributed by atoms with Crippen LogP contribution >= 0.6 is 0 Å². The summed E-state index contributed by atoms with van der Waals surface area (Å²) in [4.78, 5) is 10.5.